The van der Waals surface area contributed by atoms with Crippen LogP contribution in [0.1, 0.15) is 75.7 Å². The van der Waals surface area contributed by atoms with Crippen molar-refractivity contribution in [3.05, 3.63) is 133 Å². The molecule has 0 radical (unpaired) electrons. The fraction of sp³-hybridized carbons (Fsp3) is 0.393. The number of hydrogen-bond donors (Lipinski definition) is 0. The second kappa shape index (κ2) is 18.3. The first-order valence-corrected chi connectivity index (χ1v) is 24.2. The van der Waals surface area contributed by atoms with Gasteiger partial charge < -0.3 is 18.9 Å². The third-order valence-corrected chi connectivity index (χ3v) is 15.6. The summed E-state index contributed by atoms with van der Waals surface area (Å²) in [5, 5.41) is 2.02. The SMILES string of the molecule is CCC1CN2CCC1C[C@H]2[C@@H](Oc1nc(-c2ccccc2)nc(O[C@@H](c2ccnc3ccc(OC)cc23)[C@@H]2CC3CCN2CC3CC)c1-c1ccccc1)c1ccnc2ccc(OC)cc12. The van der Waals surface area contributed by atoms with Gasteiger partial charge in [-0.05, 0) is 117 Å². The number of hydrogen-bond acceptors (Lipinski definition) is 10. The largest absolute Gasteiger partial charge is 0.497 e. The Labute approximate surface area is 388 Å². The predicted molar refractivity (Wildman–Crippen MR) is 260 cm³/mol. The van der Waals surface area contributed by atoms with Crippen molar-refractivity contribution in [1.29, 1.82) is 0 Å². The van der Waals surface area contributed by atoms with E-state index in [9.17, 15) is 0 Å². The summed E-state index contributed by atoms with van der Waals surface area (Å²) in [4.78, 5) is 26.0. The minimum absolute atomic E-state index is 0.106. The average Bonchev–Trinajstić information content (AvgIpc) is 3.39. The molecule has 66 heavy (non-hydrogen) atoms. The molecule has 10 atom stereocenters. The summed E-state index contributed by atoms with van der Waals surface area (Å²) in [5.41, 5.74) is 6.48. The Bertz CT molecular complexity index is 2680. The molecule has 0 saturated carbocycles. The lowest BCUT2D eigenvalue weighted by Crippen LogP contribution is -2.56. The van der Waals surface area contributed by atoms with Crippen LogP contribution in [0, 0.1) is 23.7 Å². The minimum Gasteiger partial charge on any atom is -0.497 e. The van der Waals surface area contributed by atoms with Gasteiger partial charge >= 0.3 is 0 Å². The van der Waals surface area contributed by atoms with Gasteiger partial charge in [-0.2, -0.15) is 9.97 Å². The van der Waals surface area contributed by atoms with E-state index in [0.29, 0.717) is 41.3 Å². The van der Waals surface area contributed by atoms with E-state index in [4.69, 9.17) is 38.9 Å². The second-order valence-corrected chi connectivity index (χ2v) is 18.9. The lowest BCUT2D eigenvalue weighted by molar-refractivity contribution is -0.0510. The van der Waals surface area contributed by atoms with Gasteiger partial charge in [0.05, 0.1) is 37.3 Å². The Morgan fingerprint density at radius 2 is 1.05 bits per heavy atom. The summed E-state index contributed by atoms with van der Waals surface area (Å²) in [5.74, 6) is 5.70. The molecule has 3 aromatic heterocycles. The topological polar surface area (TPSA) is 95.0 Å². The molecule has 0 N–H and O–H groups in total. The van der Waals surface area contributed by atoms with Crippen molar-refractivity contribution in [1.82, 2.24) is 29.7 Å². The van der Waals surface area contributed by atoms with Gasteiger partial charge in [0.15, 0.2) is 5.82 Å². The summed E-state index contributed by atoms with van der Waals surface area (Å²) in [6, 6.07) is 37.4. The molecule has 4 bridgehead atoms. The van der Waals surface area contributed by atoms with Gasteiger partial charge in [-0.1, -0.05) is 87.4 Å². The lowest BCUT2D eigenvalue weighted by Gasteiger charge is -2.52. The summed E-state index contributed by atoms with van der Waals surface area (Å²) >= 11 is 0. The highest BCUT2D eigenvalue weighted by Crippen LogP contribution is 2.50. The van der Waals surface area contributed by atoms with Crippen LogP contribution in [0.4, 0.5) is 0 Å². The highest BCUT2D eigenvalue weighted by Gasteiger charge is 2.47. The van der Waals surface area contributed by atoms with Crippen LogP contribution in [0.3, 0.4) is 0 Å². The monoisotopic (exact) mass is 880 g/mol. The molecular weight excluding hydrogens is 821 g/mol. The van der Waals surface area contributed by atoms with Crippen molar-refractivity contribution < 1.29 is 18.9 Å². The first-order valence-electron chi connectivity index (χ1n) is 24.2. The van der Waals surface area contributed by atoms with E-state index in [1.807, 2.05) is 54.9 Å². The van der Waals surface area contributed by atoms with Crippen molar-refractivity contribution >= 4 is 21.8 Å². The van der Waals surface area contributed by atoms with Crippen LogP contribution in [0.15, 0.2) is 122 Å². The Morgan fingerprint density at radius 1 is 0.576 bits per heavy atom. The highest BCUT2D eigenvalue weighted by atomic mass is 16.5. The van der Waals surface area contributed by atoms with Gasteiger partial charge in [-0.3, -0.25) is 19.8 Å². The maximum absolute atomic E-state index is 7.76. The average molecular weight is 881 g/mol. The molecule has 0 aliphatic carbocycles. The van der Waals surface area contributed by atoms with E-state index in [1.165, 1.54) is 25.7 Å². The maximum Gasteiger partial charge on any atom is 0.229 e. The van der Waals surface area contributed by atoms with E-state index in [2.05, 4.69) is 90.4 Å². The van der Waals surface area contributed by atoms with Gasteiger partial charge in [0, 0.05) is 52.9 Å². The molecule has 9 heterocycles. The standard InChI is InChI=1S/C56H60N6O4/c1-5-35-33-61-27-23-39(35)29-49(61)52(43-21-25-57-47-19-17-41(63-3)31-45(43)47)65-55-51(37-13-9-7-10-14-37)56(60-54(59-55)38-15-11-8-12-16-38)66-53(50-30-40-24-28-62(50)34-36(40)6-2)44-22-26-58-48-20-18-42(64-4)32-46(44)48/h7-22,25-26,31-32,35-36,39-40,49-50,52-53H,5-6,23-24,27-30,33-34H2,1-4H3/t35?,36?,39?,40?,49-,50-,52-,53-/m0/s1. The Kier molecular flexibility index (Phi) is 11.8. The molecule has 6 aliphatic heterocycles. The summed E-state index contributed by atoms with van der Waals surface area (Å²) in [6.45, 7) is 8.88. The molecule has 10 nitrogen and oxygen atoms in total. The Morgan fingerprint density at radius 3 is 1.47 bits per heavy atom. The van der Waals surface area contributed by atoms with Crippen molar-refractivity contribution in [2.24, 2.45) is 23.7 Å². The molecule has 4 aromatic carbocycles. The van der Waals surface area contributed by atoms with Gasteiger partial charge in [0.1, 0.15) is 29.3 Å². The first-order chi connectivity index (χ1) is 32.5. The normalized spacial score (nSPS) is 25.4. The summed E-state index contributed by atoms with van der Waals surface area (Å²) in [7, 11) is 3.44. The third kappa shape index (κ3) is 7.91. The van der Waals surface area contributed by atoms with Gasteiger partial charge in [-0.15, -0.1) is 0 Å². The number of piperidine rings is 6. The van der Waals surface area contributed by atoms with Crippen LogP contribution >= 0.6 is 0 Å². The lowest BCUT2D eigenvalue weighted by atomic mass is 9.72. The van der Waals surface area contributed by atoms with Crippen LogP contribution in [0.5, 0.6) is 23.3 Å². The fourth-order valence-corrected chi connectivity index (χ4v) is 12.1. The van der Waals surface area contributed by atoms with Gasteiger partial charge in [0.2, 0.25) is 11.8 Å². The molecular formula is C56H60N6O4. The molecule has 7 aromatic rings. The van der Waals surface area contributed by atoms with E-state index in [0.717, 1.165) is 100 Å². The van der Waals surface area contributed by atoms with Crippen molar-refractivity contribution in [2.45, 2.75) is 76.7 Å². The number of nitrogens with zero attached hydrogens (tertiary/aromatic N) is 6. The zero-order valence-corrected chi connectivity index (χ0v) is 38.6. The summed E-state index contributed by atoms with van der Waals surface area (Å²) in [6.07, 6.45) is 9.90. The second-order valence-electron chi connectivity index (χ2n) is 18.9. The minimum atomic E-state index is -0.393. The molecule has 338 valence electrons. The molecule has 6 aliphatic rings. The maximum atomic E-state index is 7.76. The van der Waals surface area contributed by atoms with E-state index < -0.39 is 12.2 Å². The van der Waals surface area contributed by atoms with E-state index >= 15 is 0 Å². The van der Waals surface area contributed by atoms with Crippen LogP contribution in [0.2, 0.25) is 0 Å². The molecule has 6 unspecified atom stereocenters. The van der Waals surface area contributed by atoms with Gasteiger partial charge in [0.25, 0.3) is 0 Å². The van der Waals surface area contributed by atoms with E-state index in [1.54, 1.807) is 14.2 Å². The van der Waals surface area contributed by atoms with E-state index in [-0.39, 0.29) is 12.1 Å². The number of fused-ring (bicyclic) bond motifs is 8. The predicted octanol–water partition coefficient (Wildman–Crippen LogP) is 11.4. The molecule has 13 rings (SSSR count). The smallest absolute Gasteiger partial charge is 0.229 e. The zero-order chi connectivity index (χ0) is 44.7. The first kappa shape index (κ1) is 42.5. The van der Waals surface area contributed by atoms with Crippen LogP contribution in [-0.2, 0) is 0 Å². The van der Waals surface area contributed by atoms with Gasteiger partial charge in [-0.25, -0.2) is 0 Å². The van der Waals surface area contributed by atoms with Crippen molar-refractivity contribution in [2.75, 3.05) is 40.4 Å². The molecule has 6 fully saturated rings. The molecule has 0 spiro atoms. The molecule has 0 amide bonds. The molecule has 10 heteroatoms. The zero-order valence-electron chi connectivity index (χ0n) is 38.6. The van der Waals surface area contributed by atoms with Crippen LogP contribution in [-0.4, -0.2) is 82.2 Å². The Balaban J connectivity index is 1.13. The third-order valence-electron chi connectivity index (χ3n) is 15.6. The molecule has 6 saturated heterocycles. The van der Waals surface area contributed by atoms with Crippen LogP contribution in [0.25, 0.3) is 44.3 Å². The summed E-state index contributed by atoms with van der Waals surface area (Å²) < 4.78 is 27.2. The number of pyridine rings is 2. The van der Waals surface area contributed by atoms with Crippen molar-refractivity contribution in [3.8, 4) is 45.8 Å². The highest BCUT2D eigenvalue weighted by molar-refractivity contribution is 5.85. The number of ether oxygens (including phenoxy) is 4. The van der Waals surface area contributed by atoms with Crippen molar-refractivity contribution in [3.63, 3.8) is 0 Å². The number of rotatable bonds is 14. The van der Waals surface area contributed by atoms with Crippen LogP contribution < -0.4 is 18.9 Å². The quantitative estimate of drug-likeness (QED) is 0.105. The number of methoxy groups -OCH3 is 2. The Hall–Kier alpha value is -6.10. The fourth-order valence-electron chi connectivity index (χ4n) is 12.1. The number of benzene rings is 4. The number of aromatic nitrogens is 4.